The minimum absolute atomic E-state index is 0.105. The van der Waals surface area contributed by atoms with E-state index in [1.165, 1.54) is 0 Å². The number of carboxylic acids is 2. The molecule has 0 saturated heterocycles. The Morgan fingerprint density at radius 3 is 1.97 bits per heavy atom. The first-order chi connectivity index (χ1) is 15.5. The van der Waals surface area contributed by atoms with Gasteiger partial charge in [0.1, 0.15) is 18.1 Å². The molecule has 0 bridgehead atoms. The zero-order chi connectivity index (χ0) is 25.6. The highest BCUT2D eigenvalue weighted by atomic mass is 32.1. The van der Waals surface area contributed by atoms with Crippen LogP contribution < -0.4 is 27.4 Å². The van der Waals surface area contributed by atoms with Crippen molar-refractivity contribution in [2.75, 3.05) is 12.3 Å². The quantitative estimate of drug-likeness (QED) is 0.0906. The molecule has 5 unspecified atom stereocenters. The van der Waals surface area contributed by atoms with Gasteiger partial charge in [0.2, 0.25) is 17.7 Å². The highest BCUT2D eigenvalue weighted by Gasteiger charge is 2.31. The summed E-state index contributed by atoms with van der Waals surface area (Å²) in [6.45, 7) is 3.86. The van der Waals surface area contributed by atoms with E-state index in [9.17, 15) is 29.1 Å². The number of hydrogen-bond acceptors (Lipinski definition) is 8. The van der Waals surface area contributed by atoms with Gasteiger partial charge in [-0.15, -0.1) is 0 Å². The molecule has 0 saturated carbocycles. The molecule has 0 spiro atoms. The molecule has 0 fully saturated rings. The number of aliphatic carboxylic acids is 2. The maximum Gasteiger partial charge on any atom is 0.326 e. The molecule has 0 aliphatic rings. The zero-order valence-electron chi connectivity index (χ0n) is 19.1. The molecule has 5 atom stereocenters. The van der Waals surface area contributed by atoms with E-state index in [4.69, 9.17) is 16.6 Å². The van der Waals surface area contributed by atoms with Crippen LogP contribution in [0.1, 0.15) is 52.4 Å². The highest BCUT2D eigenvalue weighted by molar-refractivity contribution is 7.80. The summed E-state index contributed by atoms with van der Waals surface area (Å²) >= 11 is 4.08. The fourth-order valence-electron chi connectivity index (χ4n) is 2.85. The van der Waals surface area contributed by atoms with Gasteiger partial charge >= 0.3 is 11.9 Å². The number of rotatable bonds is 17. The topological polar surface area (TPSA) is 214 Å². The van der Waals surface area contributed by atoms with Gasteiger partial charge in [-0.2, -0.15) is 12.6 Å². The van der Waals surface area contributed by atoms with Crippen LogP contribution in [0.15, 0.2) is 0 Å². The van der Waals surface area contributed by atoms with Crippen LogP contribution in [0.3, 0.4) is 0 Å². The maximum absolute atomic E-state index is 12.8. The van der Waals surface area contributed by atoms with Gasteiger partial charge in [0, 0.05) is 12.2 Å². The molecule has 0 rings (SSSR count). The van der Waals surface area contributed by atoms with Gasteiger partial charge in [-0.1, -0.05) is 20.3 Å². The van der Waals surface area contributed by atoms with E-state index in [0.29, 0.717) is 25.8 Å². The van der Waals surface area contributed by atoms with Crippen molar-refractivity contribution in [3.63, 3.8) is 0 Å². The third-order valence-electron chi connectivity index (χ3n) is 5.18. The van der Waals surface area contributed by atoms with Crippen molar-refractivity contribution in [2.45, 2.75) is 76.5 Å². The van der Waals surface area contributed by atoms with Crippen LogP contribution in [-0.4, -0.2) is 76.3 Å². The fraction of sp³-hybridized carbons (Fsp3) is 0.750. The lowest BCUT2D eigenvalue weighted by atomic mass is 9.99. The average Bonchev–Trinajstić information content (AvgIpc) is 2.77. The first kappa shape index (κ1) is 30.6. The van der Waals surface area contributed by atoms with Crippen molar-refractivity contribution in [1.82, 2.24) is 16.0 Å². The van der Waals surface area contributed by atoms with E-state index in [0.717, 1.165) is 0 Å². The van der Waals surface area contributed by atoms with Crippen molar-refractivity contribution in [1.29, 1.82) is 0 Å². The Bertz CT molecular complexity index is 679. The fourth-order valence-corrected chi connectivity index (χ4v) is 3.11. The van der Waals surface area contributed by atoms with Gasteiger partial charge in [0.25, 0.3) is 0 Å². The minimum atomic E-state index is -1.19. The molecule has 9 N–H and O–H groups in total. The van der Waals surface area contributed by atoms with Gasteiger partial charge in [0.05, 0.1) is 6.04 Å². The van der Waals surface area contributed by atoms with E-state index < -0.39 is 53.8 Å². The Morgan fingerprint density at radius 1 is 0.909 bits per heavy atom. The predicted octanol–water partition coefficient (Wildman–Crippen LogP) is -1.18. The average molecular weight is 492 g/mol. The van der Waals surface area contributed by atoms with Crippen LogP contribution in [-0.2, 0) is 24.0 Å². The minimum Gasteiger partial charge on any atom is -0.481 e. The van der Waals surface area contributed by atoms with Gasteiger partial charge < -0.3 is 37.6 Å². The Kier molecular flexibility index (Phi) is 15.1. The van der Waals surface area contributed by atoms with Crippen molar-refractivity contribution in [2.24, 2.45) is 17.4 Å². The molecule has 33 heavy (non-hydrogen) atoms. The Hall–Kier alpha value is -2.38. The van der Waals surface area contributed by atoms with Gasteiger partial charge in [-0.3, -0.25) is 19.2 Å². The molecule has 0 aromatic rings. The number of thiol groups is 1. The number of carbonyl (C=O) groups is 5. The van der Waals surface area contributed by atoms with Crippen LogP contribution in [0.2, 0.25) is 0 Å². The molecule has 3 amide bonds. The zero-order valence-corrected chi connectivity index (χ0v) is 20.0. The van der Waals surface area contributed by atoms with E-state index >= 15 is 0 Å². The van der Waals surface area contributed by atoms with Crippen LogP contribution >= 0.6 is 12.6 Å². The Balaban J connectivity index is 5.27. The number of carboxylic acid groups (broad SMARTS) is 2. The third kappa shape index (κ3) is 11.9. The number of carbonyl (C=O) groups excluding carboxylic acids is 3. The van der Waals surface area contributed by atoms with E-state index in [2.05, 4.69) is 28.6 Å². The molecule has 0 aliphatic carbocycles. The van der Waals surface area contributed by atoms with Crippen molar-refractivity contribution in [3.05, 3.63) is 0 Å². The second-order valence-electron chi connectivity index (χ2n) is 7.84. The molecular formula is C20H37N5O7S. The number of nitrogens with two attached hydrogens (primary N) is 2. The van der Waals surface area contributed by atoms with Crippen LogP contribution in [0.25, 0.3) is 0 Å². The molecule has 0 aromatic heterocycles. The second-order valence-corrected chi connectivity index (χ2v) is 8.20. The normalized spacial score (nSPS) is 15.4. The summed E-state index contributed by atoms with van der Waals surface area (Å²) in [6, 6.07) is -4.43. The molecule has 0 aromatic carbocycles. The standard InChI is InChI=1S/C20H37N5O7S/c1-3-11(2)16(20(31)32)25-19(30)14(10-33)24-18(29)13(6-4-5-9-21)23-17(28)12(22)7-8-15(26)27/h11-14,16,33H,3-10,21-22H2,1-2H3,(H,23,28)(H,24,29)(H,25,30)(H,26,27)(H,31,32). The number of nitrogens with one attached hydrogen (secondary N) is 3. The van der Waals surface area contributed by atoms with E-state index in [1.807, 2.05) is 0 Å². The maximum atomic E-state index is 12.8. The molecule has 190 valence electrons. The largest absolute Gasteiger partial charge is 0.481 e. The SMILES string of the molecule is CCC(C)C(NC(=O)C(CS)NC(=O)C(CCCCN)NC(=O)C(N)CCC(=O)O)C(=O)O. The smallest absolute Gasteiger partial charge is 0.326 e. The van der Waals surface area contributed by atoms with Crippen LogP contribution in [0.5, 0.6) is 0 Å². The van der Waals surface area contributed by atoms with Gasteiger partial charge in [-0.05, 0) is 38.1 Å². The number of unbranched alkanes of at least 4 members (excludes halogenated alkanes) is 1. The predicted molar refractivity (Wildman–Crippen MR) is 124 cm³/mol. The highest BCUT2D eigenvalue weighted by Crippen LogP contribution is 2.09. The lowest BCUT2D eigenvalue weighted by Crippen LogP contribution is -2.58. The monoisotopic (exact) mass is 491 g/mol. The molecular weight excluding hydrogens is 454 g/mol. The number of hydrogen-bond donors (Lipinski definition) is 8. The summed E-state index contributed by atoms with van der Waals surface area (Å²) in [5.41, 5.74) is 11.2. The second kappa shape index (κ2) is 16.3. The molecule has 0 heterocycles. The summed E-state index contributed by atoms with van der Waals surface area (Å²) in [4.78, 5) is 59.9. The van der Waals surface area contributed by atoms with E-state index in [1.54, 1.807) is 13.8 Å². The summed E-state index contributed by atoms with van der Waals surface area (Å²) in [6.07, 6.45) is 1.43. The van der Waals surface area contributed by atoms with Crippen molar-refractivity contribution >= 4 is 42.3 Å². The molecule has 0 radical (unpaired) electrons. The number of amides is 3. The molecule has 12 nitrogen and oxygen atoms in total. The van der Waals surface area contributed by atoms with Crippen LogP contribution in [0.4, 0.5) is 0 Å². The van der Waals surface area contributed by atoms with Crippen molar-refractivity contribution in [3.8, 4) is 0 Å². The lowest BCUT2D eigenvalue weighted by Gasteiger charge is -2.26. The first-order valence-corrected chi connectivity index (χ1v) is 11.5. The first-order valence-electron chi connectivity index (χ1n) is 10.9. The summed E-state index contributed by atoms with van der Waals surface area (Å²) in [5.74, 6) is -4.81. The summed E-state index contributed by atoms with van der Waals surface area (Å²) < 4.78 is 0. The van der Waals surface area contributed by atoms with Gasteiger partial charge in [0.15, 0.2) is 0 Å². The lowest BCUT2D eigenvalue weighted by molar-refractivity contribution is -0.143. The Labute approximate surface area is 199 Å². The van der Waals surface area contributed by atoms with Gasteiger partial charge in [-0.25, -0.2) is 4.79 Å². The van der Waals surface area contributed by atoms with Crippen molar-refractivity contribution < 1.29 is 34.2 Å². The molecule has 0 aliphatic heterocycles. The third-order valence-corrected chi connectivity index (χ3v) is 5.54. The van der Waals surface area contributed by atoms with Crippen LogP contribution in [0, 0.1) is 5.92 Å². The molecule has 13 heteroatoms. The summed E-state index contributed by atoms with van der Waals surface area (Å²) in [5, 5.41) is 25.5. The Morgan fingerprint density at radius 2 is 1.48 bits per heavy atom. The summed E-state index contributed by atoms with van der Waals surface area (Å²) in [7, 11) is 0. The van der Waals surface area contributed by atoms with E-state index in [-0.39, 0.29) is 30.9 Å².